The van der Waals surface area contributed by atoms with E-state index >= 15 is 0 Å². The van der Waals surface area contributed by atoms with Crippen molar-refractivity contribution >= 4 is 18.2 Å². The molecule has 1 amide bonds. The number of carbonyl (C=O) groups excluding carboxylic acids is 3. The van der Waals surface area contributed by atoms with E-state index < -0.39 is 0 Å². The molecule has 6 heteroatoms. The van der Waals surface area contributed by atoms with Crippen LogP contribution in [0, 0.1) is 12.8 Å². The van der Waals surface area contributed by atoms with Crippen molar-refractivity contribution in [3.8, 4) is 0 Å². The number of methoxy groups -OCH3 is 1. The van der Waals surface area contributed by atoms with Crippen LogP contribution < -0.4 is 0 Å². The Morgan fingerprint density at radius 2 is 1.86 bits per heavy atom. The summed E-state index contributed by atoms with van der Waals surface area (Å²) in [6.07, 6.45) is 2.66. The van der Waals surface area contributed by atoms with E-state index in [1.807, 2.05) is 25.2 Å². The molecule has 0 spiro atoms. The number of aryl methyl sites for hydroxylation is 1. The van der Waals surface area contributed by atoms with Crippen molar-refractivity contribution in [1.82, 2.24) is 9.80 Å². The normalized spacial score (nSPS) is 16.3. The van der Waals surface area contributed by atoms with Crippen LogP contribution in [0.25, 0.3) is 0 Å². The van der Waals surface area contributed by atoms with Crippen LogP contribution in [-0.2, 0) is 19.1 Å². The minimum Gasteiger partial charge on any atom is -0.468 e. The second kappa shape index (κ2) is 14.6. The first-order valence-corrected chi connectivity index (χ1v) is 9.40. The zero-order chi connectivity index (χ0) is 21.5. The summed E-state index contributed by atoms with van der Waals surface area (Å²) in [7, 11) is 3.30. The van der Waals surface area contributed by atoms with Gasteiger partial charge >= 0.3 is 5.97 Å². The van der Waals surface area contributed by atoms with Crippen LogP contribution in [0.1, 0.15) is 25.8 Å². The third kappa shape index (κ3) is 10.6. The Labute approximate surface area is 169 Å². The highest BCUT2D eigenvalue weighted by Crippen LogP contribution is 2.17. The Hall–Kier alpha value is -2.47. The Morgan fingerprint density at radius 1 is 1.29 bits per heavy atom. The fraction of sp³-hybridized carbons (Fsp3) is 0.500. The average Bonchev–Trinajstić information content (AvgIpc) is 2.68. The summed E-state index contributed by atoms with van der Waals surface area (Å²) in [5, 5.41) is 0. The highest BCUT2D eigenvalue weighted by Gasteiger charge is 2.33. The molecular formula is C22H34N2O4. The van der Waals surface area contributed by atoms with E-state index in [0.29, 0.717) is 18.7 Å². The topological polar surface area (TPSA) is 66.9 Å². The molecule has 28 heavy (non-hydrogen) atoms. The fourth-order valence-electron chi connectivity index (χ4n) is 2.58. The monoisotopic (exact) mass is 390 g/mol. The van der Waals surface area contributed by atoms with Crippen molar-refractivity contribution in [2.75, 3.05) is 33.8 Å². The first-order chi connectivity index (χ1) is 13.3. The third-order valence-corrected chi connectivity index (χ3v) is 4.13. The van der Waals surface area contributed by atoms with E-state index in [2.05, 4.69) is 49.1 Å². The predicted molar refractivity (Wildman–Crippen MR) is 112 cm³/mol. The predicted octanol–water partition coefficient (Wildman–Crippen LogP) is 2.71. The first kappa shape index (κ1) is 25.5. The van der Waals surface area contributed by atoms with E-state index in [1.165, 1.54) is 18.7 Å². The summed E-state index contributed by atoms with van der Waals surface area (Å²) >= 11 is 0. The molecule has 1 fully saturated rings. The zero-order valence-corrected chi connectivity index (χ0v) is 17.8. The summed E-state index contributed by atoms with van der Waals surface area (Å²) in [6, 6.07) is 10.2. The molecule has 1 atom stereocenters. The van der Waals surface area contributed by atoms with Crippen molar-refractivity contribution in [1.29, 1.82) is 0 Å². The summed E-state index contributed by atoms with van der Waals surface area (Å²) < 4.78 is 4.60. The molecule has 0 radical (unpaired) electrons. The van der Waals surface area contributed by atoms with Crippen LogP contribution in [0.4, 0.5) is 0 Å². The molecule has 6 nitrogen and oxygen atoms in total. The van der Waals surface area contributed by atoms with E-state index in [1.54, 1.807) is 4.90 Å². The number of hydrogen-bond acceptors (Lipinski definition) is 5. The van der Waals surface area contributed by atoms with Crippen molar-refractivity contribution in [3.63, 3.8) is 0 Å². The van der Waals surface area contributed by atoms with Crippen LogP contribution in [0.5, 0.6) is 0 Å². The molecule has 0 aliphatic carbocycles. The molecule has 1 heterocycles. The highest BCUT2D eigenvalue weighted by atomic mass is 16.5. The highest BCUT2D eigenvalue weighted by molar-refractivity contribution is 5.86. The van der Waals surface area contributed by atoms with Crippen molar-refractivity contribution < 1.29 is 19.1 Å². The smallest absolute Gasteiger partial charge is 0.325 e. The lowest BCUT2D eigenvalue weighted by molar-refractivity contribution is -0.151. The summed E-state index contributed by atoms with van der Waals surface area (Å²) in [6.45, 7) is 10.9. The number of benzene rings is 1. The molecule has 1 aromatic rings. The van der Waals surface area contributed by atoms with Gasteiger partial charge in [-0.25, -0.2) is 0 Å². The van der Waals surface area contributed by atoms with Gasteiger partial charge < -0.3 is 9.64 Å². The van der Waals surface area contributed by atoms with Crippen LogP contribution in [0.3, 0.4) is 0 Å². The summed E-state index contributed by atoms with van der Waals surface area (Å²) in [5.74, 6) is 0.147. The lowest BCUT2D eigenvalue weighted by Gasteiger charge is -2.38. The number of ether oxygens (including phenoxy) is 1. The van der Waals surface area contributed by atoms with Gasteiger partial charge in [0.15, 0.2) is 0 Å². The maximum Gasteiger partial charge on any atom is 0.325 e. The van der Waals surface area contributed by atoms with E-state index in [-0.39, 0.29) is 24.5 Å². The number of allylic oxidation sites excluding steroid dienone is 1. The molecular weight excluding hydrogens is 356 g/mol. The van der Waals surface area contributed by atoms with Crippen LogP contribution in [0.15, 0.2) is 43.0 Å². The standard InChI is InChI=1S/C12H22N2O3.C7H8.C3H4O/c1-9(2)7-10-12(16)14(6-5-13(10)3)8-11(15)17-4;1-7-5-3-2-4-6-7;1-2-3-4/h9-10H,5-8H2,1-4H3;2-6H,1H3;2-3H,1H2. The van der Waals surface area contributed by atoms with E-state index in [0.717, 1.165) is 13.0 Å². The fourth-order valence-corrected chi connectivity index (χ4v) is 2.58. The number of nitrogens with zero attached hydrogens (tertiary/aromatic N) is 2. The van der Waals surface area contributed by atoms with Crippen molar-refractivity contribution in [2.45, 2.75) is 33.2 Å². The average molecular weight is 391 g/mol. The van der Waals surface area contributed by atoms with Gasteiger partial charge in [0, 0.05) is 13.1 Å². The number of rotatable bonds is 5. The van der Waals surface area contributed by atoms with Crippen LogP contribution >= 0.6 is 0 Å². The lowest BCUT2D eigenvalue weighted by atomic mass is 10.00. The van der Waals surface area contributed by atoms with Gasteiger partial charge in [-0.2, -0.15) is 0 Å². The van der Waals surface area contributed by atoms with Gasteiger partial charge in [-0.3, -0.25) is 19.3 Å². The second-order valence-electron chi connectivity index (χ2n) is 6.99. The molecule has 0 aromatic heterocycles. The Bertz CT molecular complexity index is 596. The molecule has 0 saturated carbocycles. The lowest BCUT2D eigenvalue weighted by Crippen LogP contribution is -2.57. The molecule has 2 rings (SSSR count). The van der Waals surface area contributed by atoms with Gasteiger partial charge in [-0.1, -0.05) is 56.3 Å². The summed E-state index contributed by atoms with van der Waals surface area (Å²) in [4.78, 5) is 36.1. The zero-order valence-electron chi connectivity index (χ0n) is 17.8. The van der Waals surface area contributed by atoms with E-state index in [4.69, 9.17) is 4.79 Å². The van der Waals surface area contributed by atoms with Gasteiger partial charge in [-0.05, 0) is 32.4 Å². The third-order valence-electron chi connectivity index (χ3n) is 4.13. The van der Waals surface area contributed by atoms with Gasteiger partial charge in [-0.15, -0.1) is 0 Å². The Kier molecular flexibility index (Phi) is 13.3. The van der Waals surface area contributed by atoms with Crippen molar-refractivity contribution in [3.05, 3.63) is 48.6 Å². The van der Waals surface area contributed by atoms with Gasteiger partial charge in [0.1, 0.15) is 12.8 Å². The minimum absolute atomic E-state index is 0.0397. The van der Waals surface area contributed by atoms with Gasteiger partial charge in [0.2, 0.25) is 5.91 Å². The van der Waals surface area contributed by atoms with Gasteiger partial charge in [0.25, 0.3) is 0 Å². The number of likely N-dealkylation sites (N-methyl/N-ethyl adjacent to an activating group) is 1. The number of piperazine rings is 1. The second-order valence-corrected chi connectivity index (χ2v) is 6.99. The molecule has 1 saturated heterocycles. The van der Waals surface area contributed by atoms with Crippen LogP contribution in [0.2, 0.25) is 0 Å². The van der Waals surface area contributed by atoms with Crippen molar-refractivity contribution in [2.24, 2.45) is 5.92 Å². The number of carbonyl (C=O) groups is 3. The molecule has 1 aromatic carbocycles. The van der Waals surface area contributed by atoms with Crippen LogP contribution in [-0.4, -0.2) is 67.8 Å². The van der Waals surface area contributed by atoms with E-state index in [9.17, 15) is 9.59 Å². The molecule has 156 valence electrons. The maximum absolute atomic E-state index is 12.2. The quantitative estimate of drug-likeness (QED) is 0.439. The maximum atomic E-state index is 12.2. The molecule has 0 bridgehead atoms. The SMILES string of the molecule is C=CC=O.COC(=O)CN1CCN(C)C(CC(C)C)C1=O.Cc1ccccc1. The van der Waals surface area contributed by atoms with Gasteiger partial charge in [0.05, 0.1) is 13.2 Å². The minimum atomic E-state index is -0.355. The first-order valence-electron chi connectivity index (χ1n) is 9.40. The summed E-state index contributed by atoms with van der Waals surface area (Å²) in [5.41, 5.74) is 1.32. The number of aldehydes is 1. The number of hydrogen-bond donors (Lipinski definition) is 0. The number of amides is 1. The molecule has 1 unspecified atom stereocenters. The Balaban J connectivity index is 0.000000541. The molecule has 0 N–H and O–H groups in total. The molecule has 1 aliphatic heterocycles. The molecule has 1 aliphatic rings. The largest absolute Gasteiger partial charge is 0.468 e. The number of esters is 1. The Morgan fingerprint density at radius 3 is 2.25 bits per heavy atom.